The van der Waals surface area contributed by atoms with E-state index in [1.807, 2.05) is 38.1 Å². The van der Waals surface area contributed by atoms with E-state index >= 15 is 0 Å². The molecule has 3 N–H and O–H groups in total. The lowest BCUT2D eigenvalue weighted by atomic mass is 10.2. The van der Waals surface area contributed by atoms with E-state index in [0.717, 1.165) is 23.8 Å². The molecular formula is C18H27N3O3. The quantitative estimate of drug-likeness (QED) is 0.683. The van der Waals surface area contributed by atoms with Gasteiger partial charge in [0, 0.05) is 18.3 Å². The van der Waals surface area contributed by atoms with Crippen molar-refractivity contribution >= 4 is 17.6 Å². The van der Waals surface area contributed by atoms with Gasteiger partial charge in [0.05, 0.1) is 6.61 Å². The Hall–Kier alpha value is -2.08. The summed E-state index contributed by atoms with van der Waals surface area (Å²) in [5.41, 5.74) is 1.89. The number of carbonyl (C=O) groups is 2. The van der Waals surface area contributed by atoms with Crippen LogP contribution in [0.15, 0.2) is 24.3 Å². The van der Waals surface area contributed by atoms with Crippen LogP contribution in [0.3, 0.4) is 0 Å². The molecular weight excluding hydrogens is 306 g/mol. The molecule has 1 fully saturated rings. The van der Waals surface area contributed by atoms with Crippen molar-refractivity contribution in [2.75, 3.05) is 11.9 Å². The molecule has 3 amide bonds. The third-order valence-electron chi connectivity index (χ3n) is 3.68. The first-order chi connectivity index (χ1) is 11.4. The second-order valence-corrected chi connectivity index (χ2v) is 6.64. The lowest BCUT2D eigenvalue weighted by Crippen LogP contribution is -2.47. The minimum absolute atomic E-state index is 0.0200. The molecule has 1 aliphatic carbocycles. The van der Waals surface area contributed by atoms with Crippen molar-refractivity contribution in [3.05, 3.63) is 29.8 Å². The molecule has 0 unspecified atom stereocenters. The summed E-state index contributed by atoms with van der Waals surface area (Å²) in [5, 5.41) is 8.05. The molecule has 0 spiro atoms. The first-order valence-corrected chi connectivity index (χ1v) is 8.48. The number of nitrogens with one attached hydrogen (secondary N) is 3. The first-order valence-electron chi connectivity index (χ1n) is 8.48. The maximum absolute atomic E-state index is 12.0. The molecule has 132 valence electrons. The van der Waals surface area contributed by atoms with E-state index in [4.69, 9.17) is 4.74 Å². The molecule has 2 rings (SSSR count). The zero-order valence-electron chi connectivity index (χ0n) is 14.6. The summed E-state index contributed by atoms with van der Waals surface area (Å²) < 4.78 is 5.68. The van der Waals surface area contributed by atoms with Crippen LogP contribution < -0.4 is 16.0 Å². The van der Waals surface area contributed by atoms with Crippen molar-refractivity contribution in [2.45, 2.75) is 52.3 Å². The zero-order chi connectivity index (χ0) is 17.5. The van der Waals surface area contributed by atoms with Gasteiger partial charge in [0.15, 0.2) is 0 Å². The number of hydrogen-bond donors (Lipinski definition) is 3. The van der Waals surface area contributed by atoms with E-state index in [-0.39, 0.29) is 11.9 Å². The number of rotatable bonds is 8. The number of urea groups is 1. The Balaban J connectivity index is 1.80. The molecule has 1 atom stereocenters. The van der Waals surface area contributed by atoms with Gasteiger partial charge >= 0.3 is 6.03 Å². The molecule has 0 radical (unpaired) electrons. The fraction of sp³-hybridized carbons (Fsp3) is 0.556. The fourth-order valence-corrected chi connectivity index (χ4v) is 2.21. The molecule has 0 aromatic heterocycles. The van der Waals surface area contributed by atoms with Gasteiger partial charge < -0.3 is 15.4 Å². The molecule has 24 heavy (non-hydrogen) atoms. The van der Waals surface area contributed by atoms with E-state index in [9.17, 15) is 9.59 Å². The van der Waals surface area contributed by atoms with E-state index in [1.54, 1.807) is 6.92 Å². The lowest BCUT2D eigenvalue weighted by Gasteiger charge is -2.16. The average Bonchev–Trinajstić information content (AvgIpc) is 3.31. The molecule has 1 aliphatic rings. The fourth-order valence-electron chi connectivity index (χ4n) is 2.21. The van der Waals surface area contributed by atoms with Crippen LogP contribution in [0.4, 0.5) is 10.5 Å². The van der Waals surface area contributed by atoms with E-state index in [1.165, 1.54) is 12.8 Å². The van der Waals surface area contributed by atoms with Crippen LogP contribution >= 0.6 is 0 Å². The van der Waals surface area contributed by atoms with Gasteiger partial charge in [-0.15, -0.1) is 0 Å². The van der Waals surface area contributed by atoms with Gasteiger partial charge in [-0.25, -0.2) is 4.79 Å². The van der Waals surface area contributed by atoms with Crippen LogP contribution in [-0.4, -0.2) is 30.6 Å². The Bertz CT molecular complexity index is 570. The van der Waals surface area contributed by atoms with Crippen LogP contribution in [0.2, 0.25) is 0 Å². The second kappa shape index (κ2) is 8.68. The number of anilines is 1. The molecule has 0 heterocycles. The predicted molar refractivity (Wildman–Crippen MR) is 93.7 cm³/mol. The molecule has 0 aliphatic heterocycles. The molecule has 1 aromatic rings. The highest BCUT2D eigenvalue weighted by Gasteiger charge is 2.21. The van der Waals surface area contributed by atoms with E-state index in [0.29, 0.717) is 6.61 Å². The SMILES string of the molecule is CC(C)NC(=O)NC(=O)[C@@H](C)Nc1cccc(COCC2CC2)c1. The summed E-state index contributed by atoms with van der Waals surface area (Å²) in [5.74, 6) is 0.371. The standard InChI is InChI=1S/C18H27N3O3/c1-12(2)19-18(23)21-17(22)13(3)20-16-6-4-5-15(9-16)11-24-10-14-7-8-14/h4-6,9,12-14,20H,7-8,10-11H2,1-3H3,(H2,19,21,22,23)/t13-/m1/s1. The zero-order valence-corrected chi connectivity index (χ0v) is 14.6. The van der Waals surface area contributed by atoms with E-state index in [2.05, 4.69) is 16.0 Å². The molecule has 0 bridgehead atoms. The molecule has 6 heteroatoms. The Morgan fingerprint density at radius 2 is 2.00 bits per heavy atom. The monoisotopic (exact) mass is 333 g/mol. The lowest BCUT2D eigenvalue weighted by molar-refractivity contribution is -0.120. The maximum Gasteiger partial charge on any atom is 0.321 e. The van der Waals surface area contributed by atoms with Gasteiger partial charge in [-0.3, -0.25) is 10.1 Å². The Morgan fingerprint density at radius 1 is 1.25 bits per heavy atom. The number of benzene rings is 1. The molecule has 6 nitrogen and oxygen atoms in total. The van der Waals surface area contributed by atoms with Gasteiger partial charge in [0.2, 0.25) is 5.91 Å². The highest BCUT2D eigenvalue weighted by molar-refractivity contribution is 5.98. The van der Waals surface area contributed by atoms with Crippen LogP contribution in [0.5, 0.6) is 0 Å². The van der Waals surface area contributed by atoms with Gasteiger partial charge in [-0.1, -0.05) is 12.1 Å². The van der Waals surface area contributed by atoms with Crippen LogP contribution in [0, 0.1) is 5.92 Å². The summed E-state index contributed by atoms with van der Waals surface area (Å²) >= 11 is 0. The Morgan fingerprint density at radius 3 is 2.67 bits per heavy atom. The van der Waals surface area contributed by atoms with Crippen LogP contribution in [0.25, 0.3) is 0 Å². The second-order valence-electron chi connectivity index (χ2n) is 6.64. The minimum Gasteiger partial charge on any atom is -0.376 e. The summed E-state index contributed by atoms with van der Waals surface area (Å²) in [6, 6.07) is 6.75. The molecule has 1 aromatic carbocycles. The largest absolute Gasteiger partial charge is 0.376 e. The van der Waals surface area contributed by atoms with Gasteiger partial charge in [-0.05, 0) is 57.2 Å². The maximum atomic E-state index is 12.0. The highest BCUT2D eigenvalue weighted by Crippen LogP contribution is 2.29. The topological polar surface area (TPSA) is 79.5 Å². The van der Waals surface area contributed by atoms with Crippen molar-refractivity contribution in [1.29, 1.82) is 0 Å². The first kappa shape index (κ1) is 18.3. The van der Waals surface area contributed by atoms with Crippen molar-refractivity contribution in [3.8, 4) is 0 Å². The highest BCUT2D eigenvalue weighted by atomic mass is 16.5. The smallest absolute Gasteiger partial charge is 0.321 e. The number of ether oxygens (including phenoxy) is 1. The minimum atomic E-state index is -0.523. The number of hydrogen-bond acceptors (Lipinski definition) is 4. The van der Waals surface area contributed by atoms with Crippen LogP contribution in [0.1, 0.15) is 39.2 Å². The van der Waals surface area contributed by atoms with E-state index < -0.39 is 12.1 Å². The Kier molecular flexibility index (Phi) is 6.61. The predicted octanol–water partition coefficient (Wildman–Crippen LogP) is 2.65. The van der Waals surface area contributed by atoms with Crippen molar-refractivity contribution in [2.24, 2.45) is 5.92 Å². The van der Waals surface area contributed by atoms with Crippen molar-refractivity contribution < 1.29 is 14.3 Å². The Labute approximate surface area is 143 Å². The van der Waals surface area contributed by atoms with Gasteiger partial charge in [0.1, 0.15) is 6.04 Å². The summed E-state index contributed by atoms with van der Waals surface area (Å²) in [6.45, 7) is 6.78. The number of carbonyl (C=O) groups excluding carboxylic acids is 2. The van der Waals surface area contributed by atoms with Gasteiger partial charge in [-0.2, -0.15) is 0 Å². The molecule has 0 saturated heterocycles. The summed E-state index contributed by atoms with van der Waals surface area (Å²) in [4.78, 5) is 23.6. The summed E-state index contributed by atoms with van der Waals surface area (Å²) in [7, 11) is 0. The number of imide groups is 1. The summed E-state index contributed by atoms with van der Waals surface area (Å²) in [6.07, 6.45) is 2.55. The number of amides is 3. The van der Waals surface area contributed by atoms with Crippen LogP contribution in [-0.2, 0) is 16.1 Å². The molecule has 1 saturated carbocycles. The third-order valence-corrected chi connectivity index (χ3v) is 3.68. The van der Waals surface area contributed by atoms with Crippen molar-refractivity contribution in [1.82, 2.24) is 10.6 Å². The average molecular weight is 333 g/mol. The third kappa shape index (κ3) is 6.58. The van der Waals surface area contributed by atoms with Crippen molar-refractivity contribution in [3.63, 3.8) is 0 Å². The normalized spacial score (nSPS) is 15.0. The van der Waals surface area contributed by atoms with Gasteiger partial charge in [0.25, 0.3) is 0 Å².